The summed E-state index contributed by atoms with van der Waals surface area (Å²) >= 11 is 0. The standard InChI is InChI=1S/C20H30N4O2/c1-22-12-6-16(7-13-22)20(25)24-14-8-17(15-24)26-18-5-4-9-21-19(18)23-10-2-3-11-23/h4-5,9,16-17H,2-3,6-8,10-15H2,1H3. The first kappa shape index (κ1) is 17.6. The molecule has 1 aromatic heterocycles. The van der Waals surface area contributed by atoms with Crippen LogP contribution in [0.5, 0.6) is 5.75 Å². The summed E-state index contributed by atoms with van der Waals surface area (Å²) in [5, 5.41) is 0. The minimum Gasteiger partial charge on any atom is -0.485 e. The van der Waals surface area contributed by atoms with Crippen LogP contribution in [0.1, 0.15) is 32.1 Å². The van der Waals surface area contributed by atoms with Crippen molar-refractivity contribution in [2.24, 2.45) is 5.92 Å². The fourth-order valence-electron chi connectivity index (χ4n) is 4.36. The molecule has 1 aromatic rings. The summed E-state index contributed by atoms with van der Waals surface area (Å²) in [5.74, 6) is 2.36. The third-order valence-corrected chi connectivity index (χ3v) is 5.97. The maximum absolute atomic E-state index is 12.8. The number of rotatable bonds is 4. The number of hydrogen-bond acceptors (Lipinski definition) is 5. The van der Waals surface area contributed by atoms with Crippen molar-refractivity contribution in [2.45, 2.75) is 38.2 Å². The number of piperidine rings is 1. The molecular weight excluding hydrogens is 328 g/mol. The number of ether oxygens (including phenoxy) is 1. The van der Waals surface area contributed by atoms with Crippen LogP contribution in [0.4, 0.5) is 5.82 Å². The van der Waals surface area contributed by atoms with E-state index in [0.717, 1.165) is 63.6 Å². The average Bonchev–Trinajstić information content (AvgIpc) is 3.34. The Morgan fingerprint density at radius 1 is 1.12 bits per heavy atom. The van der Waals surface area contributed by atoms with Gasteiger partial charge in [0.15, 0.2) is 11.6 Å². The van der Waals surface area contributed by atoms with Crippen LogP contribution >= 0.6 is 0 Å². The summed E-state index contributed by atoms with van der Waals surface area (Å²) < 4.78 is 6.30. The molecule has 0 radical (unpaired) electrons. The molecule has 0 saturated carbocycles. The lowest BCUT2D eigenvalue weighted by Crippen LogP contribution is -2.41. The first-order chi connectivity index (χ1) is 12.7. The Bertz CT molecular complexity index is 624. The second kappa shape index (κ2) is 7.82. The Hall–Kier alpha value is -1.82. The van der Waals surface area contributed by atoms with Crippen LogP contribution in [-0.4, -0.2) is 73.1 Å². The van der Waals surface area contributed by atoms with Gasteiger partial charge >= 0.3 is 0 Å². The Labute approximate surface area is 156 Å². The minimum absolute atomic E-state index is 0.0794. The number of hydrogen-bond donors (Lipinski definition) is 0. The van der Waals surface area contributed by atoms with Gasteiger partial charge in [0.1, 0.15) is 6.10 Å². The van der Waals surface area contributed by atoms with E-state index in [1.54, 1.807) is 0 Å². The third kappa shape index (κ3) is 3.80. The van der Waals surface area contributed by atoms with Gasteiger partial charge in [-0.2, -0.15) is 0 Å². The zero-order valence-corrected chi connectivity index (χ0v) is 15.8. The van der Waals surface area contributed by atoms with Crippen LogP contribution in [0.2, 0.25) is 0 Å². The normalized spacial score (nSPS) is 25.0. The van der Waals surface area contributed by atoms with Crippen molar-refractivity contribution in [3.05, 3.63) is 18.3 Å². The Morgan fingerprint density at radius 2 is 1.88 bits per heavy atom. The number of anilines is 1. The SMILES string of the molecule is CN1CCC(C(=O)N2CCC(Oc3cccnc3N3CCCC3)C2)CC1. The Kier molecular flexibility index (Phi) is 5.29. The van der Waals surface area contributed by atoms with E-state index in [9.17, 15) is 4.79 Å². The molecule has 0 bridgehead atoms. The van der Waals surface area contributed by atoms with Gasteiger partial charge in [-0.1, -0.05) is 0 Å². The number of nitrogens with zero attached hydrogens (tertiary/aromatic N) is 4. The first-order valence-electron chi connectivity index (χ1n) is 10.0. The van der Waals surface area contributed by atoms with Crippen molar-refractivity contribution in [1.82, 2.24) is 14.8 Å². The number of carbonyl (C=O) groups excluding carboxylic acids is 1. The maximum atomic E-state index is 12.8. The summed E-state index contributed by atoms with van der Waals surface area (Å²) in [6, 6.07) is 3.95. The third-order valence-electron chi connectivity index (χ3n) is 5.97. The number of likely N-dealkylation sites (tertiary alicyclic amines) is 2. The second-order valence-corrected chi connectivity index (χ2v) is 7.91. The van der Waals surface area contributed by atoms with Gasteiger partial charge in [0.2, 0.25) is 5.91 Å². The van der Waals surface area contributed by atoms with Crippen molar-refractivity contribution in [1.29, 1.82) is 0 Å². The summed E-state index contributed by atoms with van der Waals surface area (Å²) in [6.07, 6.45) is 7.24. The monoisotopic (exact) mass is 358 g/mol. The highest BCUT2D eigenvalue weighted by molar-refractivity contribution is 5.79. The Balaban J connectivity index is 1.35. The van der Waals surface area contributed by atoms with Gasteiger partial charge in [0.05, 0.1) is 6.54 Å². The quantitative estimate of drug-likeness (QED) is 0.824. The molecule has 0 spiro atoms. The molecule has 0 aromatic carbocycles. The molecule has 6 nitrogen and oxygen atoms in total. The molecule has 142 valence electrons. The largest absolute Gasteiger partial charge is 0.485 e. The average molecular weight is 358 g/mol. The lowest BCUT2D eigenvalue weighted by Gasteiger charge is -2.30. The van der Waals surface area contributed by atoms with Gasteiger partial charge in [-0.3, -0.25) is 4.79 Å². The van der Waals surface area contributed by atoms with Gasteiger partial charge < -0.3 is 19.4 Å². The summed E-state index contributed by atoms with van der Waals surface area (Å²) in [4.78, 5) is 24.0. The molecule has 26 heavy (non-hydrogen) atoms. The van der Waals surface area contributed by atoms with Gasteiger partial charge in [-0.25, -0.2) is 4.98 Å². The summed E-state index contributed by atoms with van der Waals surface area (Å²) in [7, 11) is 2.13. The smallest absolute Gasteiger partial charge is 0.225 e. The number of aromatic nitrogens is 1. The summed E-state index contributed by atoms with van der Waals surface area (Å²) in [6.45, 7) is 5.68. The van der Waals surface area contributed by atoms with E-state index in [1.165, 1.54) is 12.8 Å². The van der Waals surface area contributed by atoms with Crippen molar-refractivity contribution < 1.29 is 9.53 Å². The molecule has 0 aliphatic carbocycles. The lowest BCUT2D eigenvalue weighted by molar-refractivity contribution is -0.136. The molecule has 3 aliphatic rings. The number of amides is 1. The molecule has 6 heteroatoms. The maximum Gasteiger partial charge on any atom is 0.225 e. The van der Waals surface area contributed by atoms with E-state index in [0.29, 0.717) is 12.5 Å². The van der Waals surface area contributed by atoms with Crippen LogP contribution in [0.15, 0.2) is 18.3 Å². The highest BCUT2D eigenvalue weighted by Crippen LogP contribution is 2.31. The van der Waals surface area contributed by atoms with E-state index >= 15 is 0 Å². The highest BCUT2D eigenvalue weighted by atomic mass is 16.5. The predicted octanol–water partition coefficient (Wildman–Crippen LogP) is 2.00. The van der Waals surface area contributed by atoms with Crippen LogP contribution in [0.3, 0.4) is 0 Å². The molecule has 4 rings (SSSR count). The topological polar surface area (TPSA) is 48.9 Å². The fraction of sp³-hybridized carbons (Fsp3) is 0.700. The molecular formula is C20H30N4O2. The first-order valence-corrected chi connectivity index (χ1v) is 10.0. The molecule has 1 unspecified atom stereocenters. The van der Waals surface area contributed by atoms with E-state index in [4.69, 9.17) is 4.74 Å². The molecule has 3 fully saturated rings. The fourth-order valence-corrected chi connectivity index (χ4v) is 4.36. The van der Waals surface area contributed by atoms with E-state index < -0.39 is 0 Å². The van der Waals surface area contributed by atoms with Gasteiger partial charge in [-0.15, -0.1) is 0 Å². The van der Waals surface area contributed by atoms with Crippen LogP contribution in [-0.2, 0) is 4.79 Å². The highest BCUT2D eigenvalue weighted by Gasteiger charge is 2.33. The molecule has 4 heterocycles. The van der Waals surface area contributed by atoms with Crippen molar-refractivity contribution in [2.75, 3.05) is 51.2 Å². The molecule has 3 aliphatic heterocycles. The van der Waals surface area contributed by atoms with Crippen LogP contribution < -0.4 is 9.64 Å². The van der Waals surface area contributed by atoms with Crippen LogP contribution in [0.25, 0.3) is 0 Å². The number of pyridine rings is 1. The molecule has 3 saturated heterocycles. The van der Waals surface area contributed by atoms with E-state index in [1.807, 2.05) is 23.2 Å². The zero-order valence-electron chi connectivity index (χ0n) is 15.8. The molecule has 1 atom stereocenters. The minimum atomic E-state index is 0.0794. The van der Waals surface area contributed by atoms with Gasteiger partial charge in [0.25, 0.3) is 0 Å². The second-order valence-electron chi connectivity index (χ2n) is 7.91. The van der Waals surface area contributed by atoms with Crippen molar-refractivity contribution in [3.63, 3.8) is 0 Å². The van der Waals surface area contributed by atoms with Gasteiger partial charge in [0, 0.05) is 38.2 Å². The van der Waals surface area contributed by atoms with Crippen molar-refractivity contribution in [3.8, 4) is 5.75 Å². The van der Waals surface area contributed by atoms with Crippen LogP contribution in [0, 0.1) is 5.92 Å². The molecule has 1 amide bonds. The predicted molar refractivity (Wildman–Crippen MR) is 102 cm³/mol. The van der Waals surface area contributed by atoms with Gasteiger partial charge in [-0.05, 0) is 58.0 Å². The summed E-state index contributed by atoms with van der Waals surface area (Å²) in [5.41, 5.74) is 0. The number of carbonyl (C=O) groups is 1. The van der Waals surface area contributed by atoms with Crippen molar-refractivity contribution >= 4 is 11.7 Å². The lowest BCUT2D eigenvalue weighted by atomic mass is 9.96. The molecule has 0 N–H and O–H groups in total. The Morgan fingerprint density at radius 3 is 2.65 bits per heavy atom. The van der Waals surface area contributed by atoms with E-state index in [2.05, 4.69) is 21.8 Å². The van der Waals surface area contributed by atoms with E-state index in [-0.39, 0.29) is 12.0 Å². The zero-order chi connectivity index (χ0) is 17.9.